The molecule has 16 heavy (non-hydrogen) atoms. The van der Waals surface area contributed by atoms with E-state index in [9.17, 15) is 14.4 Å². The van der Waals surface area contributed by atoms with Crippen LogP contribution in [0, 0.1) is 0 Å². The van der Waals surface area contributed by atoms with Gasteiger partial charge in [-0.25, -0.2) is 0 Å². The van der Waals surface area contributed by atoms with Gasteiger partial charge < -0.3 is 15.9 Å². The van der Waals surface area contributed by atoms with Crippen molar-refractivity contribution in [2.75, 3.05) is 6.54 Å². The summed E-state index contributed by atoms with van der Waals surface area (Å²) in [5.74, 6) is -2.66. The minimum Gasteiger partial charge on any atom is -0.504 e. The maximum Gasteiger partial charge on any atom is 0.317 e. The summed E-state index contributed by atoms with van der Waals surface area (Å²) in [6.07, 6.45) is 2.88. The highest BCUT2D eigenvalue weighted by Crippen LogP contribution is 2.33. The van der Waals surface area contributed by atoms with Gasteiger partial charge in [-0.1, -0.05) is 0 Å². The van der Waals surface area contributed by atoms with Crippen molar-refractivity contribution < 1.29 is 24.6 Å². The highest BCUT2D eigenvalue weighted by Gasteiger charge is 2.33. The minimum atomic E-state index is -0.968. The molecule has 0 bridgehead atoms. The molecular formula is C10H11NO5. The van der Waals surface area contributed by atoms with Gasteiger partial charge in [-0.2, -0.15) is 0 Å². The van der Waals surface area contributed by atoms with Crippen molar-refractivity contribution in [1.82, 2.24) is 0 Å². The summed E-state index contributed by atoms with van der Waals surface area (Å²) in [5, 5.41) is 16.5. The first-order chi connectivity index (χ1) is 7.47. The largest absolute Gasteiger partial charge is 0.504 e. The average Bonchev–Trinajstić information content (AvgIpc) is 2.21. The molecule has 0 saturated carbocycles. The smallest absolute Gasteiger partial charge is 0.317 e. The Morgan fingerprint density at radius 1 is 1.31 bits per heavy atom. The fourth-order valence-corrected chi connectivity index (χ4v) is 1.30. The normalized spacial score (nSPS) is 17.9. The number of carboxylic acids is 1. The molecule has 0 amide bonds. The molecule has 0 radical (unpaired) electrons. The lowest BCUT2D eigenvalue weighted by Crippen LogP contribution is -2.27. The molecule has 86 valence electrons. The zero-order chi connectivity index (χ0) is 12.3. The molecule has 6 heteroatoms. The fourth-order valence-electron chi connectivity index (χ4n) is 1.30. The van der Waals surface area contributed by atoms with Crippen LogP contribution in [0.3, 0.4) is 0 Å². The number of rotatable bonds is 1. The van der Waals surface area contributed by atoms with E-state index in [4.69, 9.17) is 10.2 Å². The van der Waals surface area contributed by atoms with Crippen LogP contribution in [0.25, 0.3) is 0 Å². The highest BCUT2D eigenvalue weighted by atomic mass is 16.4. The molecule has 2 aliphatic carbocycles. The molecule has 0 aliphatic heterocycles. The maximum atomic E-state index is 11.0. The van der Waals surface area contributed by atoms with Crippen molar-refractivity contribution in [2.24, 2.45) is 5.73 Å². The Hall–Kier alpha value is -1.95. The van der Waals surface area contributed by atoms with Crippen LogP contribution >= 0.6 is 0 Å². The molecule has 6 nitrogen and oxygen atoms in total. The number of hydrogen-bond acceptors (Lipinski definition) is 5. The molecule has 4 N–H and O–H groups in total. The van der Waals surface area contributed by atoms with Gasteiger partial charge in [0.2, 0.25) is 5.78 Å². The van der Waals surface area contributed by atoms with Crippen LogP contribution in [-0.4, -0.2) is 34.3 Å². The fraction of sp³-hybridized carbons (Fsp3) is 0.300. The molecular weight excluding hydrogens is 214 g/mol. The second kappa shape index (κ2) is 4.71. The molecule has 0 aromatic heterocycles. The molecule has 0 atom stereocenters. The average molecular weight is 225 g/mol. The van der Waals surface area contributed by atoms with E-state index in [0.717, 1.165) is 12.0 Å². The minimum absolute atomic E-state index is 0.278. The van der Waals surface area contributed by atoms with Crippen LogP contribution in [0.2, 0.25) is 0 Å². The lowest BCUT2D eigenvalue weighted by molar-refractivity contribution is -0.135. The van der Waals surface area contributed by atoms with Gasteiger partial charge in [0.1, 0.15) is 0 Å². The third-order valence-corrected chi connectivity index (χ3v) is 2.23. The van der Waals surface area contributed by atoms with E-state index < -0.39 is 23.3 Å². The van der Waals surface area contributed by atoms with E-state index in [1.54, 1.807) is 0 Å². The number of aliphatic hydroxyl groups is 1. The summed E-state index contributed by atoms with van der Waals surface area (Å²) >= 11 is 0. The van der Waals surface area contributed by atoms with Gasteiger partial charge in [-0.3, -0.25) is 14.4 Å². The Bertz CT molecular complexity index is 415. The van der Waals surface area contributed by atoms with Gasteiger partial charge in [0, 0.05) is 5.57 Å². The van der Waals surface area contributed by atoms with E-state index in [1.165, 1.54) is 6.08 Å². The second-order valence-corrected chi connectivity index (χ2v) is 3.29. The molecule has 0 saturated heterocycles. The SMILES string of the molecule is NCC(=O)O.O=C1C(=O)C2=C(C=C1O)CC2. The summed E-state index contributed by atoms with van der Waals surface area (Å²) in [7, 11) is 0. The number of nitrogens with two attached hydrogens (primary N) is 1. The summed E-state index contributed by atoms with van der Waals surface area (Å²) in [4.78, 5) is 31.0. The number of allylic oxidation sites excluding steroid dienone is 4. The summed E-state index contributed by atoms with van der Waals surface area (Å²) in [6, 6.07) is 0. The Morgan fingerprint density at radius 2 is 1.88 bits per heavy atom. The van der Waals surface area contributed by atoms with Crippen LogP contribution < -0.4 is 5.73 Å². The summed E-state index contributed by atoms with van der Waals surface area (Å²) < 4.78 is 0. The van der Waals surface area contributed by atoms with Gasteiger partial charge in [0.15, 0.2) is 5.76 Å². The predicted octanol–water partition coefficient (Wildman–Crippen LogP) is -0.300. The topological polar surface area (TPSA) is 118 Å². The van der Waals surface area contributed by atoms with Gasteiger partial charge >= 0.3 is 5.97 Å². The van der Waals surface area contributed by atoms with Crippen molar-refractivity contribution in [2.45, 2.75) is 12.8 Å². The lowest BCUT2D eigenvalue weighted by Gasteiger charge is -2.22. The van der Waals surface area contributed by atoms with Gasteiger partial charge in [-0.15, -0.1) is 0 Å². The lowest BCUT2D eigenvalue weighted by atomic mass is 9.80. The number of carbonyl (C=O) groups excluding carboxylic acids is 2. The molecule has 0 fully saturated rings. The number of carboxylic acid groups (broad SMARTS) is 1. The van der Waals surface area contributed by atoms with E-state index >= 15 is 0 Å². The number of ketones is 2. The number of carbonyl (C=O) groups is 3. The highest BCUT2D eigenvalue weighted by molar-refractivity contribution is 6.49. The van der Waals surface area contributed by atoms with Crippen LogP contribution in [0.1, 0.15) is 12.8 Å². The monoisotopic (exact) mass is 225 g/mol. The zero-order valence-electron chi connectivity index (χ0n) is 8.40. The standard InChI is InChI=1S/C8H6O3.C2H5NO2/c9-6-3-4-1-2-5(4)7(10)8(6)11;3-1-2(4)5/h3,9H,1-2H2;1,3H2,(H,4,5). The van der Waals surface area contributed by atoms with E-state index in [0.29, 0.717) is 12.0 Å². The van der Waals surface area contributed by atoms with Gasteiger partial charge in [0.05, 0.1) is 6.54 Å². The first kappa shape index (κ1) is 12.1. The van der Waals surface area contributed by atoms with E-state index in [2.05, 4.69) is 5.73 Å². The quantitative estimate of drug-likeness (QED) is 0.416. The third-order valence-electron chi connectivity index (χ3n) is 2.23. The molecule has 2 rings (SSSR count). The summed E-state index contributed by atoms with van der Waals surface area (Å²) in [5.41, 5.74) is 5.99. The van der Waals surface area contributed by atoms with Crippen LogP contribution in [-0.2, 0) is 14.4 Å². The van der Waals surface area contributed by atoms with Crippen molar-refractivity contribution in [1.29, 1.82) is 0 Å². The van der Waals surface area contributed by atoms with E-state index in [-0.39, 0.29) is 6.54 Å². The first-order valence-electron chi connectivity index (χ1n) is 4.61. The molecule has 2 aliphatic rings. The van der Waals surface area contributed by atoms with Crippen LogP contribution in [0.5, 0.6) is 0 Å². The Morgan fingerprint density at radius 3 is 2.25 bits per heavy atom. The molecule has 0 aromatic rings. The van der Waals surface area contributed by atoms with Crippen molar-refractivity contribution in [3.63, 3.8) is 0 Å². The number of aliphatic hydroxyl groups excluding tert-OH is 1. The second-order valence-electron chi connectivity index (χ2n) is 3.29. The van der Waals surface area contributed by atoms with Crippen molar-refractivity contribution >= 4 is 17.5 Å². The third kappa shape index (κ3) is 2.34. The molecule has 0 aromatic carbocycles. The zero-order valence-corrected chi connectivity index (χ0v) is 8.40. The van der Waals surface area contributed by atoms with E-state index in [1.807, 2.05) is 0 Å². The predicted molar refractivity (Wildman–Crippen MR) is 53.7 cm³/mol. The van der Waals surface area contributed by atoms with Crippen molar-refractivity contribution in [3.05, 3.63) is 23.0 Å². The summed E-state index contributed by atoms with van der Waals surface area (Å²) in [6.45, 7) is -0.278. The van der Waals surface area contributed by atoms with Crippen LogP contribution in [0.4, 0.5) is 0 Å². The van der Waals surface area contributed by atoms with Crippen LogP contribution in [0.15, 0.2) is 23.0 Å². The first-order valence-corrected chi connectivity index (χ1v) is 4.61. The molecule has 0 unspecified atom stereocenters. The molecule has 0 spiro atoms. The number of aliphatic carboxylic acids is 1. The number of Topliss-reactive ketones (excluding diaryl/α,β-unsaturated/α-hetero) is 2. The number of hydrogen-bond donors (Lipinski definition) is 3. The van der Waals surface area contributed by atoms with Crippen molar-refractivity contribution in [3.8, 4) is 0 Å². The van der Waals surface area contributed by atoms with Gasteiger partial charge in [-0.05, 0) is 24.5 Å². The maximum absolute atomic E-state index is 11.0. The Kier molecular flexibility index (Phi) is 3.57. The molecule has 0 heterocycles. The van der Waals surface area contributed by atoms with Gasteiger partial charge in [0.25, 0.3) is 5.78 Å². The Balaban J connectivity index is 0.000000221. The Labute approximate surface area is 91.1 Å².